The topological polar surface area (TPSA) is 117 Å². The molecule has 1 amide bonds. The van der Waals surface area contributed by atoms with E-state index in [4.69, 9.17) is 9.47 Å². The molecule has 0 saturated carbocycles. The Balaban J connectivity index is 1.98. The van der Waals surface area contributed by atoms with E-state index in [1.54, 1.807) is 25.1 Å². The van der Waals surface area contributed by atoms with Crippen molar-refractivity contribution >= 4 is 28.1 Å². The molecule has 0 aliphatic rings. The second kappa shape index (κ2) is 9.66. The number of hydrogen-bond acceptors (Lipinski definition) is 7. The summed E-state index contributed by atoms with van der Waals surface area (Å²) in [6.07, 6.45) is 1.42. The van der Waals surface area contributed by atoms with Gasteiger partial charge in [0, 0.05) is 18.4 Å². The Morgan fingerprint density at radius 1 is 1.48 bits per heavy atom. The standard InChI is InChI=1S/C18H17BrN4O4/c1-11-5-13(9-26-2)14(7-20)18(22-11)27-10-17(25)23-21-8-12-3-4-16(24)15(19)6-12/h3-6,8,24H,9-10H2,1-2H3,(H,23,25). The molecule has 1 aromatic heterocycles. The maximum atomic E-state index is 11.9. The first-order valence-corrected chi connectivity index (χ1v) is 8.56. The van der Waals surface area contributed by atoms with Crippen molar-refractivity contribution in [1.82, 2.24) is 10.4 Å². The molecule has 0 atom stereocenters. The lowest BCUT2D eigenvalue weighted by Crippen LogP contribution is -2.25. The molecular formula is C18H17BrN4O4. The third kappa shape index (κ3) is 5.77. The van der Waals surface area contributed by atoms with Crippen LogP contribution in [0, 0.1) is 18.3 Å². The van der Waals surface area contributed by atoms with Crippen molar-refractivity contribution in [2.24, 2.45) is 5.10 Å². The Hall–Kier alpha value is -2.96. The number of hydrazone groups is 1. The lowest BCUT2D eigenvalue weighted by molar-refractivity contribution is -0.123. The SMILES string of the molecule is COCc1cc(C)nc(OCC(=O)NN=Cc2ccc(O)c(Br)c2)c1C#N. The fourth-order valence-corrected chi connectivity index (χ4v) is 2.55. The Kier molecular flexibility index (Phi) is 7.28. The molecule has 140 valence electrons. The number of phenolic OH excluding ortho intramolecular Hbond substituents is 1. The largest absolute Gasteiger partial charge is 0.507 e. The Bertz CT molecular complexity index is 909. The summed E-state index contributed by atoms with van der Waals surface area (Å²) < 4.78 is 11.0. The zero-order valence-corrected chi connectivity index (χ0v) is 16.3. The molecular weight excluding hydrogens is 416 g/mol. The zero-order valence-electron chi connectivity index (χ0n) is 14.7. The number of ether oxygens (including phenoxy) is 2. The molecule has 27 heavy (non-hydrogen) atoms. The molecule has 0 unspecified atom stereocenters. The fraction of sp³-hybridized carbons (Fsp3) is 0.222. The van der Waals surface area contributed by atoms with Gasteiger partial charge in [0.05, 0.1) is 17.3 Å². The van der Waals surface area contributed by atoms with Gasteiger partial charge in [-0.05, 0) is 52.7 Å². The van der Waals surface area contributed by atoms with Crippen LogP contribution in [0.1, 0.15) is 22.4 Å². The number of rotatable bonds is 7. The van der Waals surface area contributed by atoms with Gasteiger partial charge in [0.2, 0.25) is 5.88 Å². The summed E-state index contributed by atoms with van der Waals surface area (Å²) in [5.74, 6) is -0.327. The first-order valence-electron chi connectivity index (χ1n) is 7.77. The number of methoxy groups -OCH3 is 1. The van der Waals surface area contributed by atoms with Crippen LogP contribution in [0.3, 0.4) is 0 Å². The van der Waals surface area contributed by atoms with Crippen LogP contribution in [0.2, 0.25) is 0 Å². The Morgan fingerprint density at radius 3 is 2.93 bits per heavy atom. The van der Waals surface area contributed by atoms with Gasteiger partial charge >= 0.3 is 0 Å². The molecule has 1 aromatic carbocycles. The van der Waals surface area contributed by atoms with Crippen molar-refractivity contribution in [3.63, 3.8) is 0 Å². The highest BCUT2D eigenvalue weighted by Gasteiger charge is 2.14. The molecule has 0 bridgehead atoms. The molecule has 2 aromatic rings. The lowest BCUT2D eigenvalue weighted by Gasteiger charge is -2.10. The monoisotopic (exact) mass is 432 g/mol. The molecule has 0 saturated heterocycles. The quantitative estimate of drug-likeness (QED) is 0.512. The van der Waals surface area contributed by atoms with Gasteiger partial charge < -0.3 is 14.6 Å². The van der Waals surface area contributed by atoms with Gasteiger partial charge in [0.15, 0.2) is 6.61 Å². The van der Waals surface area contributed by atoms with E-state index in [9.17, 15) is 15.2 Å². The van der Waals surface area contributed by atoms with Crippen LogP contribution in [0.25, 0.3) is 0 Å². The van der Waals surface area contributed by atoms with Gasteiger partial charge in [-0.3, -0.25) is 4.79 Å². The minimum atomic E-state index is -0.510. The van der Waals surface area contributed by atoms with Gasteiger partial charge in [0.25, 0.3) is 5.91 Å². The van der Waals surface area contributed by atoms with Crippen LogP contribution in [0.15, 0.2) is 33.8 Å². The number of carbonyl (C=O) groups excluding carboxylic acids is 1. The van der Waals surface area contributed by atoms with E-state index in [1.807, 2.05) is 6.07 Å². The summed E-state index contributed by atoms with van der Waals surface area (Å²) in [5, 5.41) is 22.6. The van der Waals surface area contributed by atoms with Crippen molar-refractivity contribution in [2.45, 2.75) is 13.5 Å². The molecule has 2 rings (SSSR count). The summed E-state index contributed by atoms with van der Waals surface area (Å²) in [5.41, 5.74) is 4.51. The normalized spacial score (nSPS) is 10.6. The third-order valence-corrected chi connectivity index (χ3v) is 3.96. The molecule has 9 heteroatoms. The Labute approximate surface area is 164 Å². The molecule has 0 aliphatic heterocycles. The van der Waals surface area contributed by atoms with E-state index in [0.717, 1.165) is 0 Å². The van der Waals surface area contributed by atoms with Crippen LogP contribution < -0.4 is 10.2 Å². The predicted octanol–water partition coefficient (Wildman–Crippen LogP) is 2.41. The number of nitrogens with zero attached hydrogens (tertiary/aromatic N) is 3. The van der Waals surface area contributed by atoms with Gasteiger partial charge in [-0.15, -0.1) is 0 Å². The number of benzene rings is 1. The number of halogens is 1. The van der Waals surface area contributed by atoms with E-state index in [1.165, 1.54) is 19.4 Å². The number of carbonyl (C=O) groups is 1. The zero-order chi connectivity index (χ0) is 19.8. The minimum absolute atomic E-state index is 0.0751. The van der Waals surface area contributed by atoms with E-state index >= 15 is 0 Å². The highest BCUT2D eigenvalue weighted by atomic mass is 79.9. The lowest BCUT2D eigenvalue weighted by atomic mass is 10.1. The highest BCUT2D eigenvalue weighted by molar-refractivity contribution is 9.10. The van der Waals surface area contributed by atoms with Gasteiger partial charge in [-0.25, -0.2) is 10.4 Å². The first-order chi connectivity index (χ1) is 12.9. The second-order valence-electron chi connectivity index (χ2n) is 5.44. The number of aromatic nitrogens is 1. The molecule has 0 radical (unpaired) electrons. The number of aromatic hydroxyl groups is 1. The number of nitrogens with one attached hydrogen (secondary N) is 1. The number of pyridine rings is 1. The second-order valence-corrected chi connectivity index (χ2v) is 6.29. The molecule has 1 heterocycles. The maximum Gasteiger partial charge on any atom is 0.278 e. The van der Waals surface area contributed by atoms with Crippen LogP contribution in [-0.2, 0) is 16.1 Å². The van der Waals surface area contributed by atoms with Crippen molar-refractivity contribution in [1.29, 1.82) is 5.26 Å². The van der Waals surface area contributed by atoms with Crippen LogP contribution in [0.4, 0.5) is 0 Å². The number of nitriles is 1. The van der Waals surface area contributed by atoms with E-state index in [0.29, 0.717) is 21.3 Å². The summed E-state index contributed by atoms with van der Waals surface area (Å²) in [4.78, 5) is 16.0. The Morgan fingerprint density at radius 2 is 2.26 bits per heavy atom. The summed E-state index contributed by atoms with van der Waals surface area (Å²) in [6, 6.07) is 8.54. The van der Waals surface area contributed by atoms with Crippen LogP contribution in [0.5, 0.6) is 11.6 Å². The van der Waals surface area contributed by atoms with Crippen LogP contribution >= 0.6 is 15.9 Å². The average Bonchev–Trinajstić information content (AvgIpc) is 2.63. The van der Waals surface area contributed by atoms with Gasteiger partial charge in [-0.1, -0.05) is 0 Å². The molecule has 8 nitrogen and oxygen atoms in total. The summed E-state index contributed by atoms with van der Waals surface area (Å²) >= 11 is 3.19. The minimum Gasteiger partial charge on any atom is -0.507 e. The van der Waals surface area contributed by atoms with E-state index < -0.39 is 5.91 Å². The van der Waals surface area contributed by atoms with Gasteiger partial charge in [0.1, 0.15) is 17.4 Å². The van der Waals surface area contributed by atoms with Crippen molar-refractivity contribution in [3.8, 4) is 17.7 Å². The summed E-state index contributed by atoms with van der Waals surface area (Å²) in [7, 11) is 1.52. The molecule has 2 N–H and O–H groups in total. The number of aryl methyl sites for hydroxylation is 1. The average molecular weight is 433 g/mol. The van der Waals surface area contributed by atoms with E-state index in [2.05, 4.69) is 31.4 Å². The highest BCUT2D eigenvalue weighted by Crippen LogP contribution is 2.23. The van der Waals surface area contributed by atoms with Crippen molar-refractivity contribution in [2.75, 3.05) is 13.7 Å². The molecule has 0 aliphatic carbocycles. The van der Waals surface area contributed by atoms with E-state index in [-0.39, 0.29) is 30.4 Å². The number of phenols is 1. The smallest absolute Gasteiger partial charge is 0.278 e. The maximum absolute atomic E-state index is 11.9. The number of hydrogen-bond donors (Lipinski definition) is 2. The molecule has 0 spiro atoms. The van der Waals surface area contributed by atoms with Crippen molar-refractivity contribution in [3.05, 3.63) is 51.1 Å². The molecule has 0 fully saturated rings. The fourth-order valence-electron chi connectivity index (χ4n) is 2.15. The van der Waals surface area contributed by atoms with Crippen molar-refractivity contribution < 1.29 is 19.4 Å². The third-order valence-electron chi connectivity index (χ3n) is 3.32. The first kappa shape index (κ1) is 20.4. The predicted molar refractivity (Wildman–Crippen MR) is 101 cm³/mol. The van der Waals surface area contributed by atoms with Crippen LogP contribution in [-0.4, -0.2) is 35.9 Å². The summed E-state index contributed by atoms with van der Waals surface area (Å²) in [6.45, 7) is 1.64. The number of amides is 1. The van der Waals surface area contributed by atoms with Gasteiger partial charge in [-0.2, -0.15) is 10.4 Å².